The van der Waals surface area contributed by atoms with Gasteiger partial charge in [0, 0.05) is 25.2 Å². The number of nitrogens with one attached hydrogen (secondary N) is 1. The molecule has 0 aliphatic carbocycles. The van der Waals surface area contributed by atoms with Crippen LogP contribution in [0.2, 0.25) is 0 Å². The van der Waals surface area contributed by atoms with E-state index in [1.807, 2.05) is 0 Å². The average molecular weight is 272 g/mol. The average Bonchev–Trinajstić information content (AvgIpc) is 2.61. The predicted octanol–water partition coefficient (Wildman–Crippen LogP) is 0.951. The quantitative estimate of drug-likeness (QED) is 0.891. The molecule has 4 nitrogen and oxygen atoms in total. The third kappa shape index (κ3) is 3.28. The van der Waals surface area contributed by atoms with Crippen LogP contribution >= 0.6 is 0 Å². The molecule has 100 valence electrons. The lowest BCUT2D eigenvalue weighted by Gasteiger charge is -2.19. The molecule has 1 aromatic rings. The smallest absolute Gasteiger partial charge is 0.218 e. The third-order valence-electron chi connectivity index (χ3n) is 2.99. The SMILES string of the molecule is O=S(=O)(Cc1ccccc1F)N1CCCNCC1. The minimum Gasteiger partial charge on any atom is -0.315 e. The fourth-order valence-corrected chi connectivity index (χ4v) is 3.59. The second-order valence-corrected chi connectivity index (χ2v) is 6.32. The number of sulfonamides is 1. The van der Waals surface area contributed by atoms with Crippen LogP contribution in [0.1, 0.15) is 12.0 Å². The fraction of sp³-hybridized carbons (Fsp3) is 0.500. The van der Waals surface area contributed by atoms with Crippen molar-refractivity contribution in [2.45, 2.75) is 12.2 Å². The molecule has 1 aromatic carbocycles. The van der Waals surface area contributed by atoms with Crippen LogP contribution in [0.3, 0.4) is 0 Å². The van der Waals surface area contributed by atoms with Crippen molar-refractivity contribution in [2.75, 3.05) is 26.2 Å². The minimum atomic E-state index is -3.43. The summed E-state index contributed by atoms with van der Waals surface area (Å²) in [5.74, 6) is -0.728. The van der Waals surface area contributed by atoms with Crippen molar-refractivity contribution >= 4 is 10.0 Å². The molecule has 2 rings (SSSR count). The van der Waals surface area contributed by atoms with Crippen LogP contribution in [0.4, 0.5) is 4.39 Å². The van der Waals surface area contributed by atoms with Crippen LogP contribution in [0.5, 0.6) is 0 Å². The molecule has 18 heavy (non-hydrogen) atoms. The Balaban J connectivity index is 2.13. The van der Waals surface area contributed by atoms with E-state index in [0.29, 0.717) is 19.6 Å². The van der Waals surface area contributed by atoms with E-state index in [0.717, 1.165) is 13.0 Å². The number of hydrogen-bond donors (Lipinski definition) is 1. The monoisotopic (exact) mass is 272 g/mol. The summed E-state index contributed by atoms with van der Waals surface area (Å²) in [5, 5.41) is 3.14. The number of benzene rings is 1. The summed E-state index contributed by atoms with van der Waals surface area (Å²) in [7, 11) is -3.43. The Bertz CT molecular complexity index is 497. The van der Waals surface area contributed by atoms with Gasteiger partial charge < -0.3 is 5.32 Å². The van der Waals surface area contributed by atoms with Gasteiger partial charge in [-0.1, -0.05) is 18.2 Å². The van der Waals surface area contributed by atoms with Gasteiger partial charge in [0.2, 0.25) is 10.0 Å². The van der Waals surface area contributed by atoms with E-state index >= 15 is 0 Å². The van der Waals surface area contributed by atoms with Gasteiger partial charge in [0.15, 0.2) is 0 Å². The van der Waals surface area contributed by atoms with Gasteiger partial charge in [0.25, 0.3) is 0 Å². The Hall–Kier alpha value is -0.980. The lowest BCUT2D eigenvalue weighted by Crippen LogP contribution is -2.35. The van der Waals surface area contributed by atoms with Crippen LogP contribution < -0.4 is 5.32 Å². The van der Waals surface area contributed by atoms with Crippen molar-refractivity contribution in [3.63, 3.8) is 0 Å². The lowest BCUT2D eigenvalue weighted by atomic mass is 10.2. The highest BCUT2D eigenvalue weighted by atomic mass is 32.2. The van der Waals surface area contributed by atoms with E-state index < -0.39 is 15.8 Å². The van der Waals surface area contributed by atoms with Crippen molar-refractivity contribution in [1.82, 2.24) is 9.62 Å². The summed E-state index contributed by atoms with van der Waals surface area (Å²) in [6.45, 7) is 2.43. The molecule has 0 aromatic heterocycles. The van der Waals surface area contributed by atoms with E-state index in [-0.39, 0.29) is 11.3 Å². The molecule has 0 amide bonds. The van der Waals surface area contributed by atoms with Gasteiger partial charge in [-0.15, -0.1) is 0 Å². The number of rotatable bonds is 3. The first kappa shape index (κ1) is 13.5. The molecular formula is C12H17FN2O2S. The molecule has 0 spiro atoms. The molecule has 1 fully saturated rings. The van der Waals surface area contributed by atoms with Crippen LogP contribution in [-0.2, 0) is 15.8 Å². The molecular weight excluding hydrogens is 255 g/mol. The molecule has 1 saturated heterocycles. The molecule has 1 heterocycles. The maximum atomic E-state index is 13.5. The molecule has 1 aliphatic rings. The molecule has 0 unspecified atom stereocenters. The van der Waals surface area contributed by atoms with Crippen molar-refractivity contribution in [2.24, 2.45) is 0 Å². The van der Waals surface area contributed by atoms with Gasteiger partial charge >= 0.3 is 0 Å². The van der Waals surface area contributed by atoms with E-state index in [2.05, 4.69) is 5.32 Å². The molecule has 0 atom stereocenters. The van der Waals surface area contributed by atoms with E-state index in [9.17, 15) is 12.8 Å². The second kappa shape index (κ2) is 5.77. The van der Waals surface area contributed by atoms with Crippen molar-refractivity contribution in [3.05, 3.63) is 35.6 Å². The summed E-state index contributed by atoms with van der Waals surface area (Å²) in [5.41, 5.74) is 0.231. The fourth-order valence-electron chi connectivity index (χ4n) is 2.00. The first-order valence-corrected chi connectivity index (χ1v) is 7.62. The summed E-state index contributed by atoms with van der Waals surface area (Å²) in [6.07, 6.45) is 0.788. The normalized spacial score (nSPS) is 18.5. The molecule has 6 heteroatoms. The number of halogens is 1. The largest absolute Gasteiger partial charge is 0.315 e. The Labute approximate surface area is 107 Å². The zero-order chi connectivity index (χ0) is 13.0. The predicted molar refractivity (Wildman–Crippen MR) is 68.1 cm³/mol. The summed E-state index contributed by atoms with van der Waals surface area (Å²) < 4.78 is 39.3. The van der Waals surface area contributed by atoms with Gasteiger partial charge in [-0.05, 0) is 19.0 Å². The maximum absolute atomic E-state index is 13.5. The minimum absolute atomic E-state index is 0.231. The van der Waals surface area contributed by atoms with E-state index in [1.54, 1.807) is 12.1 Å². The Kier molecular flexibility index (Phi) is 4.31. The lowest BCUT2D eigenvalue weighted by molar-refractivity contribution is 0.430. The van der Waals surface area contributed by atoms with Gasteiger partial charge in [-0.25, -0.2) is 17.1 Å². The maximum Gasteiger partial charge on any atom is 0.218 e. The molecule has 1 N–H and O–H groups in total. The van der Waals surface area contributed by atoms with Gasteiger partial charge in [-0.2, -0.15) is 0 Å². The van der Waals surface area contributed by atoms with Crippen LogP contribution in [0, 0.1) is 5.82 Å². The standard InChI is InChI=1S/C12H17FN2O2S/c13-12-5-2-1-4-11(12)10-18(16,17)15-8-3-6-14-7-9-15/h1-2,4-5,14H,3,6-10H2. The summed E-state index contributed by atoms with van der Waals surface area (Å²) in [4.78, 5) is 0. The first-order chi connectivity index (χ1) is 8.59. The first-order valence-electron chi connectivity index (χ1n) is 6.01. The van der Waals surface area contributed by atoms with E-state index in [1.165, 1.54) is 16.4 Å². The van der Waals surface area contributed by atoms with Gasteiger partial charge in [0.1, 0.15) is 5.82 Å². The summed E-state index contributed by atoms with van der Waals surface area (Å²) in [6, 6.07) is 6.01. The van der Waals surface area contributed by atoms with Crippen LogP contribution in [0.15, 0.2) is 24.3 Å². The van der Waals surface area contributed by atoms with E-state index in [4.69, 9.17) is 0 Å². The zero-order valence-corrected chi connectivity index (χ0v) is 10.9. The highest BCUT2D eigenvalue weighted by molar-refractivity contribution is 7.88. The van der Waals surface area contributed by atoms with Gasteiger partial charge in [-0.3, -0.25) is 0 Å². The van der Waals surface area contributed by atoms with Gasteiger partial charge in [0.05, 0.1) is 5.75 Å². The zero-order valence-electron chi connectivity index (χ0n) is 10.1. The van der Waals surface area contributed by atoms with Crippen molar-refractivity contribution < 1.29 is 12.8 Å². The van der Waals surface area contributed by atoms with Crippen LogP contribution in [-0.4, -0.2) is 38.9 Å². The van der Waals surface area contributed by atoms with Crippen molar-refractivity contribution in [1.29, 1.82) is 0 Å². The third-order valence-corrected chi connectivity index (χ3v) is 4.82. The highest BCUT2D eigenvalue weighted by Crippen LogP contribution is 2.14. The Morgan fingerprint density at radius 3 is 2.78 bits per heavy atom. The Morgan fingerprint density at radius 1 is 1.22 bits per heavy atom. The molecule has 0 radical (unpaired) electrons. The van der Waals surface area contributed by atoms with Crippen molar-refractivity contribution in [3.8, 4) is 0 Å². The van der Waals surface area contributed by atoms with Crippen LogP contribution in [0.25, 0.3) is 0 Å². The number of nitrogens with zero attached hydrogens (tertiary/aromatic N) is 1. The second-order valence-electron chi connectivity index (χ2n) is 4.35. The summed E-state index contributed by atoms with van der Waals surface area (Å²) >= 11 is 0. The number of hydrogen-bond acceptors (Lipinski definition) is 3. The Morgan fingerprint density at radius 2 is 2.00 bits per heavy atom. The molecule has 1 aliphatic heterocycles. The highest BCUT2D eigenvalue weighted by Gasteiger charge is 2.24. The molecule has 0 saturated carbocycles. The topological polar surface area (TPSA) is 49.4 Å². The molecule has 0 bridgehead atoms.